The van der Waals surface area contributed by atoms with Crippen LogP contribution in [-0.4, -0.2) is 47.3 Å². The number of carboxylic acids is 1. The number of carbonyl (C=O) groups is 1. The van der Waals surface area contributed by atoms with E-state index in [2.05, 4.69) is 27.9 Å². The second-order valence-corrected chi connectivity index (χ2v) is 8.30. The van der Waals surface area contributed by atoms with E-state index in [0.717, 1.165) is 48.4 Å². The highest BCUT2D eigenvalue weighted by Gasteiger charge is 2.38. The number of hydrogen-bond acceptors (Lipinski definition) is 6. The van der Waals surface area contributed by atoms with Crippen molar-refractivity contribution in [2.45, 2.75) is 26.2 Å². The zero-order valence-electron chi connectivity index (χ0n) is 14.4. The fourth-order valence-corrected chi connectivity index (χ4v) is 5.17. The number of carboxylic acid groups (broad SMARTS) is 1. The number of aryl methyl sites for hydroxylation is 1. The lowest BCUT2D eigenvalue weighted by Crippen LogP contribution is -2.43. The average Bonchev–Trinajstić information content (AvgIpc) is 3.02. The van der Waals surface area contributed by atoms with E-state index < -0.39 is 5.97 Å². The molecule has 0 saturated carbocycles. The Bertz CT molecular complexity index is 770. The minimum atomic E-state index is -0.710. The number of rotatable bonds is 3. The first-order chi connectivity index (χ1) is 12.1. The van der Waals surface area contributed by atoms with Gasteiger partial charge >= 0.3 is 5.97 Å². The number of aromatic nitrogens is 2. The molecule has 0 bridgehead atoms. The predicted molar refractivity (Wildman–Crippen MR) is 97.1 cm³/mol. The van der Waals surface area contributed by atoms with Crippen molar-refractivity contribution in [3.8, 4) is 0 Å². The van der Waals surface area contributed by atoms with Crippen LogP contribution in [0.3, 0.4) is 0 Å². The van der Waals surface area contributed by atoms with Crippen LogP contribution in [0.25, 0.3) is 10.2 Å². The molecule has 0 aromatic carbocycles. The SMILES string of the molecule is Cc1cc2c(N3CCC([C@@H]4CCOC[C@@H]4C(=O)O)CC3)ncnc2s1. The Balaban J connectivity index is 1.48. The third kappa shape index (κ3) is 3.22. The van der Waals surface area contributed by atoms with Crippen LogP contribution in [0.2, 0.25) is 0 Å². The molecule has 25 heavy (non-hydrogen) atoms. The second-order valence-electron chi connectivity index (χ2n) is 7.07. The third-order valence-corrected chi connectivity index (χ3v) is 6.56. The van der Waals surface area contributed by atoms with Crippen molar-refractivity contribution in [1.82, 2.24) is 9.97 Å². The molecule has 1 N–H and O–H groups in total. The molecule has 2 aliphatic heterocycles. The van der Waals surface area contributed by atoms with Crippen LogP contribution >= 0.6 is 11.3 Å². The minimum Gasteiger partial charge on any atom is -0.481 e. The molecule has 2 saturated heterocycles. The number of aliphatic carboxylic acids is 1. The Hall–Kier alpha value is -1.73. The Morgan fingerprint density at radius 2 is 2.12 bits per heavy atom. The van der Waals surface area contributed by atoms with Crippen molar-refractivity contribution >= 4 is 33.3 Å². The zero-order chi connectivity index (χ0) is 17.4. The van der Waals surface area contributed by atoms with E-state index >= 15 is 0 Å². The van der Waals surface area contributed by atoms with Gasteiger partial charge < -0.3 is 14.7 Å². The van der Waals surface area contributed by atoms with E-state index in [9.17, 15) is 9.90 Å². The molecule has 0 radical (unpaired) electrons. The maximum atomic E-state index is 11.5. The standard InChI is InChI=1S/C18H23N3O3S/c1-11-8-14-16(19-10-20-17(14)25-11)21-5-2-12(3-6-21)13-4-7-24-9-15(13)18(22)23/h8,10,12-13,15H,2-7,9H2,1H3,(H,22,23)/t13-,15-/m0/s1. The van der Waals surface area contributed by atoms with E-state index in [-0.39, 0.29) is 11.8 Å². The molecular weight excluding hydrogens is 338 g/mol. The smallest absolute Gasteiger partial charge is 0.309 e. The van der Waals surface area contributed by atoms with Gasteiger partial charge in [-0.1, -0.05) is 0 Å². The van der Waals surface area contributed by atoms with E-state index in [4.69, 9.17) is 4.74 Å². The molecule has 2 aromatic rings. The maximum Gasteiger partial charge on any atom is 0.309 e. The fourth-order valence-electron chi connectivity index (χ4n) is 4.33. The van der Waals surface area contributed by atoms with Crippen LogP contribution in [0.5, 0.6) is 0 Å². The van der Waals surface area contributed by atoms with Gasteiger partial charge in [0.1, 0.15) is 17.0 Å². The van der Waals surface area contributed by atoms with Crippen LogP contribution in [0.15, 0.2) is 12.4 Å². The highest BCUT2D eigenvalue weighted by atomic mass is 32.1. The van der Waals surface area contributed by atoms with Gasteiger partial charge in [-0.25, -0.2) is 9.97 Å². The number of nitrogens with zero attached hydrogens (tertiary/aromatic N) is 3. The molecule has 4 rings (SSSR count). The summed E-state index contributed by atoms with van der Waals surface area (Å²) in [4.78, 5) is 25.1. The van der Waals surface area contributed by atoms with Crippen LogP contribution in [-0.2, 0) is 9.53 Å². The summed E-state index contributed by atoms with van der Waals surface area (Å²) in [5, 5.41) is 10.6. The van der Waals surface area contributed by atoms with Crippen molar-refractivity contribution in [1.29, 1.82) is 0 Å². The monoisotopic (exact) mass is 361 g/mol. The van der Waals surface area contributed by atoms with Crippen molar-refractivity contribution in [3.63, 3.8) is 0 Å². The molecular formula is C18H23N3O3S. The number of anilines is 1. The van der Waals surface area contributed by atoms with Crippen LogP contribution in [0.4, 0.5) is 5.82 Å². The molecule has 0 spiro atoms. The van der Waals surface area contributed by atoms with Gasteiger partial charge in [0.2, 0.25) is 0 Å². The van der Waals surface area contributed by atoms with Crippen LogP contribution in [0.1, 0.15) is 24.1 Å². The van der Waals surface area contributed by atoms with E-state index in [0.29, 0.717) is 19.1 Å². The molecule has 0 aliphatic carbocycles. The normalized spacial score (nSPS) is 25.4. The average molecular weight is 361 g/mol. The summed E-state index contributed by atoms with van der Waals surface area (Å²) in [5.41, 5.74) is 0. The number of ether oxygens (including phenoxy) is 1. The molecule has 0 amide bonds. The van der Waals surface area contributed by atoms with Gasteiger partial charge in [0.15, 0.2) is 0 Å². The van der Waals surface area contributed by atoms with E-state index in [1.165, 1.54) is 4.88 Å². The molecule has 2 aliphatic rings. The maximum absolute atomic E-state index is 11.5. The van der Waals surface area contributed by atoms with Crippen molar-refractivity contribution < 1.29 is 14.6 Å². The van der Waals surface area contributed by atoms with Crippen LogP contribution in [0, 0.1) is 24.7 Å². The van der Waals surface area contributed by atoms with Gasteiger partial charge in [0, 0.05) is 24.6 Å². The Labute approximate surface area is 150 Å². The van der Waals surface area contributed by atoms with Crippen molar-refractivity contribution in [3.05, 3.63) is 17.3 Å². The lowest BCUT2D eigenvalue weighted by Gasteiger charge is -2.40. The van der Waals surface area contributed by atoms with Gasteiger partial charge in [0.05, 0.1) is 17.9 Å². The summed E-state index contributed by atoms with van der Waals surface area (Å²) in [6.45, 7) is 5.00. The van der Waals surface area contributed by atoms with E-state index in [1.807, 2.05) is 0 Å². The first-order valence-corrected chi connectivity index (χ1v) is 9.72. The summed E-state index contributed by atoms with van der Waals surface area (Å²) in [7, 11) is 0. The molecule has 0 unspecified atom stereocenters. The topological polar surface area (TPSA) is 75.5 Å². The minimum absolute atomic E-state index is 0.238. The van der Waals surface area contributed by atoms with Gasteiger partial charge in [-0.15, -0.1) is 11.3 Å². The van der Waals surface area contributed by atoms with Crippen LogP contribution < -0.4 is 4.90 Å². The molecule has 4 heterocycles. The number of hydrogen-bond donors (Lipinski definition) is 1. The largest absolute Gasteiger partial charge is 0.481 e. The summed E-state index contributed by atoms with van der Waals surface area (Å²) >= 11 is 1.70. The first kappa shape index (κ1) is 16.7. The van der Waals surface area contributed by atoms with E-state index in [1.54, 1.807) is 17.7 Å². The predicted octanol–water partition coefficient (Wildman–Crippen LogP) is 2.95. The molecule has 7 heteroatoms. The number of piperidine rings is 1. The van der Waals surface area contributed by atoms with Gasteiger partial charge in [-0.2, -0.15) is 0 Å². The molecule has 6 nitrogen and oxygen atoms in total. The van der Waals surface area contributed by atoms with Gasteiger partial charge in [-0.3, -0.25) is 4.79 Å². The lowest BCUT2D eigenvalue weighted by molar-refractivity contribution is -0.151. The van der Waals surface area contributed by atoms with Gasteiger partial charge in [-0.05, 0) is 44.1 Å². The summed E-state index contributed by atoms with van der Waals surface area (Å²) in [5.74, 6) is 0.661. The second kappa shape index (κ2) is 6.88. The van der Waals surface area contributed by atoms with Crippen molar-refractivity contribution in [2.24, 2.45) is 17.8 Å². The quantitative estimate of drug-likeness (QED) is 0.906. The van der Waals surface area contributed by atoms with Crippen molar-refractivity contribution in [2.75, 3.05) is 31.2 Å². The molecule has 2 atom stereocenters. The summed E-state index contributed by atoms with van der Waals surface area (Å²) in [6.07, 6.45) is 4.55. The lowest BCUT2D eigenvalue weighted by atomic mass is 9.74. The number of thiophene rings is 1. The Morgan fingerprint density at radius 1 is 1.32 bits per heavy atom. The third-order valence-electron chi connectivity index (χ3n) is 5.60. The Kier molecular flexibility index (Phi) is 4.60. The van der Waals surface area contributed by atoms with Gasteiger partial charge in [0.25, 0.3) is 0 Å². The summed E-state index contributed by atoms with van der Waals surface area (Å²) < 4.78 is 5.40. The first-order valence-electron chi connectivity index (χ1n) is 8.90. The molecule has 2 fully saturated rings. The molecule has 2 aromatic heterocycles. The highest BCUT2D eigenvalue weighted by Crippen LogP contribution is 2.38. The number of fused-ring (bicyclic) bond motifs is 1. The fraction of sp³-hybridized carbons (Fsp3) is 0.611. The highest BCUT2D eigenvalue weighted by molar-refractivity contribution is 7.18. The Morgan fingerprint density at radius 3 is 2.88 bits per heavy atom. The molecule has 134 valence electrons. The zero-order valence-corrected chi connectivity index (χ0v) is 15.2. The summed E-state index contributed by atoms with van der Waals surface area (Å²) in [6, 6.07) is 2.17.